The van der Waals surface area contributed by atoms with E-state index in [9.17, 15) is 16.8 Å². The third-order valence-corrected chi connectivity index (χ3v) is 10.1. The summed E-state index contributed by atoms with van der Waals surface area (Å²) in [5.74, 6) is 0. The maximum absolute atomic E-state index is 13.2. The van der Waals surface area contributed by atoms with Gasteiger partial charge in [0.05, 0.1) is 32.1 Å². The molecule has 0 aliphatic heterocycles. The Morgan fingerprint density at radius 1 is 0.706 bits per heavy atom. The third kappa shape index (κ3) is 6.71. The molecule has 182 valence electrons. The van der Waals surface area contributed by atoms with E-state index < -0.39 is 20.0 Å². The molecule has 2 rings (SSSR count). The standard InChI is InChI=1S/C24H26Br2N2O4S2/c1-5-17-27(33(29,30)21-11-7-19(3)8-12-21)23(25)15-16-24(26)28(18-6-2)34(31,32)22-13-9-20(4)10-14-22/h5-16H,1-2,17-18H2,3-4H3/b23-15-,24-16-. The van der Waals surface area contributed by atoms with Crippen LogP contribution < -0.4 is 0 Å². The van der Waals surface area contributed by atoms with Gasteiger partial charge in [-0.25, -0.2) is 16.8 Å². The number of aryl methyl sites for hydroxylation is 2. The molecule has 0 saturated heterocycles. The minimum absolute atomic E-state index is 0.0107. The Labute approximate surface area is 219 Å². The largest absolute Gasteiger partial charge is 0.265 e. The fourth-order valence-corrected chi connectivity index (χ4v) is 7.16. The molecule has 0 spiro atoms. The van der Waals surface area contributed by atoms with Crippen LogP contribution in [0.4, 0.5) is 0 Å². The highest BCUT2D eigenvalue weighted by Gasteiger charge is 2.26. The summed E-state index contributed by atoms with van der Waals surface area (Å²) in [5, 5.41) is 0. The van der Waals surface area contributed by atoms with Crippen LogP contribution in [0.2, 0.25) is 0 Å². The maximum Gasteiger partial charge on any atom is 0.265 e. The molecule has 2 aromatic carbocycles. The van der Waals surface area contributed by atoms with Crippen LogP contribution in [0.1, 0.15) is 11.1 Å². The summed E-state index contributed by atoms with van der Waals surface area (Å²) in [6, 6.07) is 13.0. The first-order valence-corrected chi connectivity index (χ1v) is 14.6. The van der Waals surface area contributed by atoms with E-state index in [1.807, 2.05) is 13.8 Å². The van der Waals surface area contributed by atoms with Gasteiger partial charge in [-0.2, -0.15) is 0 Å². The molecule has 0 fully saturated rings. The summed E-state index contributed by atoms with van der Waals surface area (Å²) in [5.41, 5.74) is 1.88. The quantitative estimate of drug-likeness (QED) is 0.178. The van der Waals surface area contributed by atoms with Gasteiger partial charge in [-0.3, -0.25) is 8.61 Å². The van der Waals surface area contributed by atoms with Crippen molar-refractivity contribution in [2.24, 2.45) is 0 Å². The lowest BCUT2D eigenvalue weighted by Crippen LogP contribution is -2.29. The van der Waals surface area contributed by atoms with Gasteiger partial charge in [-0.05, 0) is 82.1 Å². The second kappa shape index (κ2) is 12.0. The van der Waals surface area contributed by atoms with E-state index in [0.29, 0.717) is 0 Å². The summed E-state index contributed by atoms with van der Waals surface area (Å²) < 4.78 is 55.4. The van der Waals surface area contributed by atoms with Crippen molar-refractivity contribution in [3.63, 3.8) is 0 Å². The van der Waals surface area contributed by atoms with Crippen LogP contribution in [0.3, 0.4) is 0 Å². The highest BCUT2D eigenvalue weighted by Crippen LogP contribution is 2.27. The molecule has 0 bridgehead atoms. The Bertz CT molecular complexity index is 1200. The highest BCUT2D eigenvalue weighted by atomic mass is 79.9. The Morgan fingerprint density at radius 3 is 1.26 bits per heavy atom. The molecule has 6 nitrogen and oxygen atoms in total. The zero-order valence-corrected chi connectivity index (χ0v) is 23.7. The predicted octanol–water partition coefficient (Wildman–Crippen LogP) is 5.83. The van der Waals surface area contributed by atoms with E-state index in [1.54, 1.807) is 24.3 Å². The third-order valence-electron chi connectivity index (χ3n) is 4.64. The minimum Gasteiger partial charge on any atom is -0.256 e. The van der Waals surface area contributed by atoms with E-state index in [-0.39, 0.29) is 32.1 Å². The van der Waals surface area contributed by atoms with Gasteiger partial charge in [0.2, 0.25) is 0 Å². The second-order valence-corrected chi connectivity index (χ2v) is 12.6. The number of sulfonamides is 2. The topological polar surface area (TPSA) is 74.8 Å². The lowest BCUT2D eigenvalue weighted by Gasteiger charge is -2.23. The van der Waals surface area contributed by atoms with Crippen molar-refractivity contribution in [3.05, 3.63) is 106 Å². The van der Waals surface area contributed by atoms with E-state index in [4.69, 9.17) is 0 Å². The normalized spacial score (nSPS) is 12.8. The molecule has 0 saturated carbocycles. The molecule has 0 unspecified atom stereocenters. The molecule has 0 N–H and O–H groups in total. The van der Waals surface area contributed by atoms with E-state index in [2.05, 4.69) is 45.0 Å². The van der Waals surface area contributed by atoms with Crippen molar-refractivity contribution in [2.45, 2.75) is 23.6 Å². The van der Waals surface area contributed by atoms with Crippen LogP contribution in [0, 0.1) is 13.8 Å². The van der Waals surface area contributed by atoms with Gasteiger partial charge in [0.1, 0.15) is 0 Å². The molecule has 0 atom stereocenters. The van der Waals surface area contributed by atoms with Crippen LogP contribution in [0.15, 0.2) is 105 Å². The monoisotopic (exact) mass is 628 g/mol. The van der Waals surface area contributed by atoms with Gasteiger partial charge >= 0.3 is 0 Å². The summed E-state index contributed by atoms with van der Waals surface area (Å²) in [6.45, 7) is 11.1. The molecular formula is C24H26Br2N2O4S2. The van der Waals surface area contributed by atoms with Gasteiger partial charge in [0.15, 0.2) is 0 Å². The molecule has 0 amide bonds. The molecule has 0 heterocycles. The van der Waals surface area contributed by atoms with Gasteiger partial charge in [-0.1, -0.05) is 47.5 Å². The smallest absolute Gasteiger partial charge is 0.256 e. The zero-order valence-electron chi connectivity index (χ0n) is 18.9. The Balaban J connectivity index is 2.45. The molecule has 0 aliphatic rings. The number of nitrogens with zero attached hydrogens (tertiary/aromatic N) is 2. The minimum atomic E-state index is -3.88. The van der Waals surface area contributed by atoms with Crippen molar-refractivity contribution in [1.29, 1.82) is 0 Å². The lowest BCUT2D eigenvalue weighted by atomic mass is 10.2. The number of rotatable bonds is 11. The summed E-state index contributed by atoms with van der Waals surface area (Å²) in [7, 11) is -7.76. The van der Waals surface area contributed by atoms with Gasteiger partial charge in [0.25, 0.3) is 20.0 Å². The molecule has 0 aromatic heterocycles. The summed E-state index contributed by atoms with van der Waals surface area (Å²) in [6.07, 6.45) is 5.84. The van der Waals surface area contributed by atoms with E-state index in [1.165, 1.54) is 48.6 Å². The maximum atomic E-state index is 13.2. The average Bonchev–Trinajstić information content (AvgIpc) is 2.79. The number of benzene rings is 2. The molecular weight excluding hydrogens is 604 g/mol. The Hall–Kier alpha value is -2.14. The zero-order chi connectivity index (χ0) is 25.5. The first-order chi connectivity index (χ1) is 15.9. The van der Waals surface area contributed by atoms with Crippen LogP contribution in [-0.2, 0) is 20.0 Å². The number of hydrogen-bond donors (Lipinski definition) is 0. The van der Waals surface area contributed by atoms with Crippen molar-refractivity contribution < 1.29 is 16.8 Å². The van der Waals surface area contributed by atoms with Crippen LogP contribution in [-0.4, -0.2) is 38.5 Å². The van der Waals surface area contributed by atoms with Crippen LogP contribution >= 0.6 is 31.9 Å². The fraction of sp³-hybridized carbons (Fsp3) is 0.167. The van der Waals surface area contributed by atoms with Crippen molar-refractivity contribution >= 4 is 51.9 Å². The van der Waals surface area contributed by atoms with Gasteiger partial charge in [-0.15, -0.1) is 13.2 Å². The summed E-state index contributed by atoms with van der Waals surface area (Å²) in [4.78, 5) is 0.257. The van der Waals surface area contributed by atoms with Crippen molar-refractivity contribution in [1.82, 2.24) is 8.61 Å². The molecule has 0 aliphatic carbocycles. The molecule has 10 heteroatoms. The molecule has 0 radical (unpaired) electrons. The molecule has 34 heavy (non-hydrogen) atoms. The number of hydrogen-bond acceptors (Lipinski definition) is 4. The first-order valence-electron chi connectivity index (χ1n) is 10.1. The average molecular weight is 630 g/mol. The lowest BCUT2D eigenvalue weighted by molar-refractivity contribution is 0.515. The predicted molar refractivity (Wildman–Crippen MR) is 145 cm³/mol. The number of allylic oxidation sites excluding steroid dienone is 2. The highest BCUT2D eigenvalue weighted by molar-refractivity contribution is 9.12. The van der Waals surface area contributed by atoms with Crippen LogP contribution in [0.5, 0.6) is 0 Å². The molecule has 2 aromatic rings. The van der Waals surface area contributed by atoms with Crippen LogP contribution in [0.25, 0.3) is 0 Å². The van der Waals surface area contributed by atoms with Gasteiger partial charge < -0.3 is 0 Å². The van der Waals surface area contributed by atoms with Crippen molar-refractivity contribution in [2.75, 3.05) is 13.1 Å². The summed E-state index contributed by atoms with van der Waals surface area (Å²) >= 11 is 6.64. The first kappa shape index (κ1) is 28.1. The fourth-order valence-electron chi connectivity index (χ4n) is 2.81. The van der Waals surface area contributed by atoms with E-state index in [0.717, 1.165) is 19.7 Å². The Morgan fingerprint density at radius 2 is 1.00 bits per heavy atom. The number of halogens is 2. The van der Waals surface area contributed by atoms with Gasteiger partial charge in [0, 0.05) is 0 Å². The SMILES string of the molecule is C=CCN(/C(Br)=C\C=C(\Br)N(CC=C)S(=O)(=O)c1ccc(C)cc1)S(=O)(=O)c1ccc(C)cc1. The second-order valence-electron chi connectivity index (χ2n) is 7.25. The van der Waals surface area contributed by atoms with Crippen molar-refractivity contribution in [3.8, 4) is 0 Å². The van der Waals surface area contributed by atoms with E-state index >= 15 is 0 Å². The Kier molecular flexibility index (Phi) is 9.93.